The number of fused-ring (bicyclic) bond motifs is 1. The Bertz CT molecular complexity index is 90.6. The lowest BCUT2D eigenvalue weighted by atomic mass is 9.86. The van der Waals surface area contributed by atoms with Gasteiger partial charge in [0.2, 0.25) is 0 Å². The average molecular weight is 93.1 g/mol. The van der Waals surface area contributed by atoms with E-state index in [2.05, 4.69) is 18.6 Å². The zero-order chi connectivity index (χ0) is 4.69. The highest BCUT2D eigenvalue weighted by atomic mass is 14.3. The van der Waals surface area contributed by atoms with Crippen molar-refractivity contribution >= 4 is 0 Å². The summed E-state index contributed by atoms with van der Waals surface area (Å²) in [7, 11) is 0. The van der Waals surface area contributed by atoms with Crippen LogP contribution in [-0.4, -0.2) is 0 Å². The van der Waals surface area contributed by atoms with Crippen molar-refractivity contribution in [1.29, 1.82) is 0 Å². The Morgan fingerprint density at radius 3 is 1.86 bits per heavy atom. The fraction of sp³-hybridized carbons (Fsp3) is 0.571. The Balaban J connectivity index is 2.17. The molecule has 0 aliphatic heterocycles. The average Bonchev–Trinajstić information content (AvgIpc) is 1.85. The highest BCUT2D eigenvalue weighted by Gasteiger charge is 2.28. The maximum atomic E-state index is 2.40. The van der Waals surface area contributed by atoms with Crippen molar-refractivity contribution < 1.29 is 0 Å². The second kappa shape index (κ2) is 1.12. The van der Waals surface area contributed by atoms with Gasteiger partial charge in [-0.25, -0.2) is 0 Å². The normalized spacial score (nSPS) is 45.7. The molecule has 0 amide bonds. The van der Waals surface area contributed by atoms with Crippen LogP contribution in [0.15, 0.2) is 12.2 Å². The third-order valence-corrected chi connectivity index (χ3v) is 2.03. The molecule has 2 rings (SSSR count). The predicted octanol–water partition coefficient (Wildman–Crippen LogP) is 1.79. The van der Waals surface area contributed by atoms with Gasteiger partial charge in [-0.05, 0) is 31.1 Å². The summed E-state index contributed by atoms with van der Waals surface area (Å²) in [5, 5.41) is 0. The molecule has 0 spiro atoms. The molecule has 0 saturated heterocycles. The molecule has 0 N–H and O–H groups in total. The molecule has 0 aromatic carbocycles. The summed E-state index contributed by atoms with van der Waals surface area (Å²) >= 11 is 0. The van der Waals surface area contributed by atoms with Gasteiger partial charge in [0.1, 0.15) is 0 Å². The Morgan fingerprint density at radius 2 is 1.57 bits per heavy atom. The molecule has 0 heteroatoms. The van der Waals surface area contributed by atoms with E-state index in [9.17, 15) is 0 Å². The molecule has 1 fully saturated rings. The van der Waals surface area contributed by atoms with E-state index in [-0.39, 0.29) is 0 Å². The third-order valence-electron chi connectivity index (χ3n) is 2.03. The zero-order valence-corrected chi connectivity index (χ0v) is 4.30. The minimum atomic E-state index is 0.958. The molecular weight excluding hydrogens is 84.1 g/mol. The predicted molar refractivity (Wildman–Crippen MR) is 29.7 cm³/mol. The molecule has 7 heavy (non-hydrogen) atoms. The van der Waals surface area contributed by atoms with Gasteiger partial charge in [-0.15, -0.1) is 0 Å². The fourth-order valence-electron chi connectivity index (χ4n) is 1.41. The lowest BCUT2D eigenvalue weighted by Gasteiger charge is -2.19. The Labute approximate surface area is 44.2 Å². The van der Waals surface area contributed by atoms with Crippen molar-refractivity contribution in [2.24, 2.45) is 11.8 Å². The maximum Gasteiger partial charge on any atom is -0.0168 e. The molecule has 0 aromatic heterocycles. The van der Waals surface area contributed by atoms with Gasteiger partial charge in [0, 0.05) is 0 Å². The second-order valence-corrected chi connectivity index (χ2v) is 2.47. The van der Waals surface area contributed by atoms with Gasteiger partial charge in [0.25, 0.3) is 0 Å². The van der Waals surface area contributed by atoms with Gasteiger partial charge in [0.05, 0.1) is 0 Å². The lowest BCUT2D eigenvalue weighted by Crippen LogP contribution is -2.09. The number of hydrogen-bond donors (Lipinski definition) is 0. The molecule has 0 bridgehead atoms. The van der Waals surface area contributed by atoms with E-state index in [0.29, 0.717) is 0 Å². The first-order valence-corrected chi connectivity index (χ1v) is 2.97. The molecule has 2 aliphatic rings. The highest BCUT2D eigenvalue weighted by molar-refractivity contribution is 5.15. The second-order valence-electron chi connectivity index (χ2n) is 2.47. The van der Waals surface area contributed by atoms with E-state index in [1.165, 1.54) is 12.8 Å². The maximum absolute atomic E-state index is 2.40. The van der Waals surface area contributed by atoms with Crippen LogP contribution in [0, 0.1) is 18.3 Å². The standard InChI is InChI=1S/C7H9/c1-2-6-4-5-7(6)3-1/h1,4-7H,2-3H2. The Hall–Kier alpha value is -0.260. The van der Waals surface area contributed by atoms with Crippen molar-refractivity contribution in [3.63, 3.8) is 0 Å². The lowest BCUT2D eigenvalue weighted by molar-refractivity contribution is 0.501. The van der Waals surface area contributed by atoms with Gasteiger partial charge in [-0.2, -0.15) is 0 Å². The van der Waals surface area contributed by atoms with E-state index in [4.69, 9.17) is 0 Å². The molecule has 0 heterocycles. The Morgan fingerprint density at radius 1 is 1.00 bits per heavy atom. The molecule has 2 unspecified atom stereocenters. The van der Waals surface area contributed by atoms with Crippen LogP contribution in [0.3, 0.4) is 0 Å². The van der Waals surface area contributed by atoms with Crippen LogP contribution >= 0.6 is 0 Å². The third kappa shape index (κ3) is 0.370. The summed E-state index contributed by atoms with van der Waals surface area (Å²) in [5.74, 6) is 1.92. The highest BCUT2D eigenvalue weighted by Crippen LogP contribution is 2.39. The van der Waals surface area contributed by atoms with Crippen molar-refractivity contribution in [1.82, 2.24) is 0 Å². The molecule has 0 nitrogen and oxygen atoms in total. The first-order valence-electron chi connectivity index (χ1n) is 2.97. The van der Waals surface area contributed by atoms with Gasteiger partial charge in [-0.3, -0.25) is 0 Å². The van der Waals surface area contributed by atoms with Gasteiger partial charge < -0.3 is 0 Å². The quantitative estimate of drug-likeness (QED) is 0.400. The molecule has 1 saturated carbocycles. The Kier molecular flexibility index (Phi) is 0.592. The summed E-state index contributed by atoms with van der Waals surface area (Å²) in [6, 6.07) is 0. The van der Waals surface area contributed by atoms with Crippen LogP contribution in [0.4, 0.5) is 0 Å². The van der Waals surface area contributed by atoms with E-state index in [0.717, 1.165) is 11.8 Å². The number of rotatable bonds is 0. The van der Waals surface area contributed by atoms with Gasteiger partial charge in [0.15, 0.2) is 0 Å². The summed E-state index contributed by atoms with van der Waals surface area (Å²) in [6.07, 6.45) is 9.75. The molecule has 0 aromatic rings. The molecule has 37 valence electrons. The first-order chi connectivity index (χ1) is 3.47. The fourth-order valence-corrected chi connectivity index (χ4v) is 1.41. The summed E-state index contributed by atoms with van der Waals surface area (Å²) in [5.41, 5.74) is 0. The van der Waals surface area contributed by atoms with Crippen LogP contribution in [0.25, 0.3) is 0 Å². The SMILES string of the molecule is [CH]1CC2C=CC2C1. The largest absolute Gasteiger partial charge is 0.0845 e. The molecular formula is C7H9. The molecule has 2 atom stereocenters. The summed E-state index contributed by atoms with van der Waals surface area (Å²) in [4.78, 5) is 0. The minimum absolute atomic E-state index is 0.958. The van der Waals surface area contributed by atoms with Crippen molar-refractivity contribution in [3.8, 4) is 0 Å². The number of hydrogen-bond acceptors (Lipinski definition) is 0. The van der Waals surface area contributed by atoms with Crippen LogP contribution in [0.2, 0.25) is 0 Å². The van der Waals surface area contributed by atoms with Crippen LogP contribution in [-0.2, 0) is 0 Å². The van der Waals surface area contributed by atoms with E-state index in [1.807, 2.05) is 0 Å². The van der Waals surface area contributed by atoms with Crippen LogP contribution in [0.1, 0.15) is 12.8 Å². The van der Waals surface area contributed by atoms with Crippen molar-refractivity contribution in [2.75, 3.05) is 0 Å². The summed E-state index contributed by atoms with van der Waals surface area (Å²) in [6.45, 7) is 0. The topological polar surface area (TPSA) is 0 Å². The molecule has 1 radical (unpaired) electrons. The zero-order valence-electron chi connectivity index (χ0n) is 4.30. The van der Waals surface area contributed by atoms with Crippen LogP contribution < -0.4 is 0 Å². The minimum Gasteiger partial charge on any atom is -0.0845 e. The van der Waals surface area contributed by atoms with E-state index < -0.39 is 0 Å². The first kappa shape index (κ1) is 3.71. The van der Waals surface area contributed by atoms with Crippen LogP contribution in [0.5, 0.6) is 0 Å². The smallest absolute Gasteiger partial charge is 0.0168 e. The van der Waals surface area contributed by atoms with Gasteiger partial charge in [-0.1, -0.05) is 12.2 Å². The van der Waals surface area contributed by atoms with Gasteiger partial charge >= 0.3 is 0 Å². The summed E-state index contributed by atoms with van der Waals surface area (Å²) < 4.78 is 0. The van der Waals surface area contributed by atoms with Crippen molar-refractivity contribution in [2.45, 2.75) is 12.8 Å². The van der Waals surface area contributed by atoms with E-state index in [1.54, 1.807) is 0 Å². The monoisotopic (exact) mass is 93.1 g/mol. The number of allylic oxidation sites excluding steroid dienone is 2. The molecule has 2 aliphatic carbocycles. The van der Waals surface area contributed by atoms with Crippen molar-refractivity contribution in [3.05, 3.63) is 18.6 Å². The van der Waals surface area contributed by atoms with E-state index >= 15 is 0 Å².